The lowest BCUT2D eigenvalue weighted by atomic mass is 10.2. The van der Waals surface area contributed by atoms with Crippen LogP contribution in [-0.2, 0) is 11.3 Å². The van der Waals surface area contributed by atoms with E-state index in [1.54, 1.807) is 18.4 Å². The molecule has 0 aliphatic carbocycles. The predicted octanol–water partition coefficient (Wildman–Crippen LogP) is 4.94. The predicted molar refractivity (Wildman–Crippen MR) is 124 cm³/mol. The minimum atomic E-state index is -0.281. The molecule has 2 aromatic carbocycles. The molecule has 1 amide bonds. The number of hydrogen-bond donors (Lipinski definition) is 1. The minimum Gasteiger partial charge on any atom is -0.467 e. The van der Waals surface area contributed by atoms with Crippen molar-refractivity contribution in [3.8, 4) is 17.5 Å². The van der Waals surface area contributed by atoms with Gasteiger partial charge in [0.05, 0.1) is 18.6 Å². The van der Waals surface area contributed by atoms with Gasteiger partial charge in [0.25, 0.3) is 0 Å². The topological polar surface area (TPSA) is 110 Å². The van der Waals surface area contributed by atoms with E-state index in [2.05, 4.69) is 15.5 Å². The molecule has 9 heteroatoms. The summed E-state index contributed by atoms with van der Waals surface area (Å²) in [6.07, 6.45) is 1.62. The number of anilines is 1. The van der Waals surface area contributed by atoms with Gasteiger partial charge < -0.3 is 14.2 Å². The fourth-order valence-corrected chi connectivity index (χ4v) is 4.19. The zero-order chi connectivity index (χ0) is 22.6. The smallest absolute Gasteiger partial charge is 0.234 e. The summed E-state index contributed by atoms with van der Waals surface area (Å²) in [6.45, 7) is 0.430. The van der Waals surface area contributed by atoms with Crippen LogP contribution in [0, 0.1) is 11.3 Å². The van der Waals surface area contributed by atoms with Crippen LogP contribution >= 0.6 is 11.8 Å². The largest absolute Gasteiger partial charge is 0.467 e. The van der Waals surface area contributed by atoms with Crippen molar-refractivity contribution in [1.82, 2.24) is 14.8 Å². The van der Waals surface area contributed by atoms with Gasteiger partial charge >= 0.3 is 0 Å². The SMILES string of the molecule is N#Cc1oc2ccccc2c1NC(=O)CSc1nnc(-c2ccccc2)n1Cc1ccco1. The number of hydrogen-bond acceptors (Lipinski definition) is 7. The Morgan fingerprint density at radius 3 is 2.67 bits per heavy atom. The molecular weight excluding hydrogens is 438 g/mol. The van der Waals surface area contributed by atoms with Gasteiger partial charge in [-0.3, -0.25) is 9.36 Å². The molecule has 1 N–H and O–H groups in total. The van der Waals surface area contributed by atoms with Gasteiger partial charge in [0.15, 0.2) is 11.0 Å². The maximum absolute atomic E-state index is 12.7. The lowest BCUT2D eigenvalue weighted by Gasteiger charge is -2.09. The van der Waals surface area contributed by atoms with Gasteiger partial charge in [-0.15, -0.1) is 10.2 Å². The molecule has 0 atom stereocenters. The van der Waals surface area contributed by atoms with E-state index in [0.717, 1.165) is 11.3 Å². The lowest BCUT2D eigenvalue weighted by molar-refractivity contribution is -0.113. The average Bonchev–Trinajstić information content (AvgIpc) is 3.58. The number of amides is 1. The van der Waals surface area contributed by atoms with E-state index in [-0.39, 0.29) is 17.4 Å². The maximum Gasteiger partial charge on any atom is 0.234 e. The van der Waals surface area contributed by atoms with Gasteiger partial charge in [0.1, 0.15) is 23.1 Å². The van der Waals surface area contributed by atoms with Crippen LogP contribution < -0.4 is 5.32 Å². The van der Waals surface area contributed by atoms with Gasteiger partial charge in [-0.2, -0.15) is 5.26 Å². The molecule has 3 aromatic heterocycles. The Bertz CT molecular complexity index is 1450. The van der Waals surface area contributed by atoms with E-state index in [9.17, 15) is 10.1 Å². The summed E-state index contributed by atoms with van der Waals surface area (Å²) in [4.78, 5) is 12.7. The van der Waals surface area contributed by atoms with Crippen molar-refractivity contribution in [2.75, 3.05) is 11.1 Å². The molecule has 3 heterocycles. The highest BCUT2D eigenvalue weighted by atomic mass is 32.2. The Labute approximate surface area is 192 Å². The maximum atomic E-state index is 12.7. The number of thioether (sulfide) groups is 1. The molecule has 0 aliphatic heterocycles. The molecule has 0 radical (unpaired) electrons. The number of carbonyl (C=O) groups is 1. The van der Waals surface area contributed by atoms with Crippen molar-refractivity contribution in [3.63, 3.8) is 0 Å². The van der Waals surface area contributed by atoms with Gasteiger partial charge in [-0.1, -0.05) is 54.2 Å². The summed E-state index contributed by atoms with van der Waals surface area (Å²) in [7, 11) is 0. The van der Waals surface area contributed by atoms with E-state index >= 15 is 0 Å². The normalized spacial score (nSPS) is 10.9. The zero-order valence-corrected chi connectivity index (χ0v) is 18.1. The van der Waals surface area contributed by atoms with E-state index in [1.165, 1.54) is 11.8 Å². The number of nitrogens with one attached hydrogen (secondary N) is 1. The molecule has 0 saturated carbocycles. The molecular formula is C24H17N5O3S. The quantitative estimate of drug-likeness (QED) is 0.346. The number of fused-ring (bicyclic) bond motifs is 1. The molecule has 8 nitrogen and oxygen atoms in total. The summed E-state index contributed by atoms with van der Waals surface area (Å²) in [6, 6.07) is 22.6. The molecule has 0 unspecified atom stereocenters. The average molecular weight is 455 g/mol. The highest BCUT2D eigenvalue weighted by Gasteiger charge is 2.19. The molecule has 162 valence electrons. The highest BCUT2D eigenvalue weighted by molar-refractivity contribution is 7.99. The molecule has 33 heavy (non-hydrogen) atoms. The summed E-state index contributed by atoms with van der Waals surface area (Å²) >= 11 is 1.26. The second-order valence-electron chi connectivity index (χ2n) is 7.09. The number of carbonyl (C=O) groups excluding carboxylic acids is 1. The highest BCUT2D eigenvalue weighted by Crippen LogP contribution is 2.31. The third-order valence-corrected chi connectivity index (χ3v) is 5.90. The molecule has 0 fully saturated rings. The fraction of sp³-hybridized carbons (Fsp3) is 0.0833. The Kier molecular flexibility index (Phi) is 5.66. The number of furan rings is 2. The second kappa shape index (κ2) is 9.06. The first-order chi connectivity index (χ1) is 16.2. The van der Waals surface area contributed by atoms with Gasteiger partial charge in [-0.25, -0.2) is 0 Å². The van der Waals surface area contributed by atoms with E-state index in [4.69, 9.17) is 8.83 Å². The molecule has 0 saturated heterocycles. The van der Waals surface area contributed by atoms with E-state index in [1.807, 2.05) is 65.2 Å². The summed E-state index contributed by atoms with van der Waals surface area (Å²) in [5.74, 6) is 1.30. The van der Waals surface area contributed by atoms with Crippen molar-refractivity contribution in [2.24, 2.45) is 0 Å². The van der Waals surface area contributed by atoms with E-state index in [0.29, 0.717) is 34.2 Å². The molecule has 0 bridgehead atoms. The first-order valence-corrected chi connectivity index (χ1v) is 11.1. The number of rotatable bonds is 7. The third-order valence-electron chi connectivity index (χ3n) is 4.94. The van der Waals surface area contributed by atoms with Gasteiger partial charge in [0.2, 0.25) is 11.7 Å². The van der Waals surface area contributed by atoms with Crippen LogP contribution in [0.25, 0.3) is 22.4 Å². The summed E-state index contributed by atoms with van der Waals surface area (Å²) in [5, 5.41) is 22.1. The Morgan fingerprint density at radius 2 is 1.88 bits per heavy atom. The van der Waals surface area contributed by atoms with Crippen molar-refractivity contribution >= 4 is 34.3 Å². The van der Waals surface area contributed by atoms with Crippen LogP contribution in [-0.4, -0.2) is 26.4 Å². The monoisotopic (exact) mass is 455 g/mol. The van der Waals surface area contributed by atoms with Gasteiger partial charge in [-0.05, 0) is 24.3 Å². The van der Waals surface area contributed by atoms with Crippen LogP contribution in [0.2, 0.25) is 0 Å². The van der Waals surface area contributed by atoms with Crippen LogP contribution in [0.5, 0.6) is 0 Å². The van der Waals surface area contributed by atoms with Crippen LogP contribution in [0.1, 0.15) is 11.5 Å². The standard InChI is InChI=1S/C24H17N5O3S/c25-13-20-22(18-10-4-5-11-19(18)32-20)26-21(30)15-33-24-28-27-23(16-7-2-1-3-8-16)29(24)14-17-9-6-12-31-17/h1-12H,14-15H2,(H,26,30). The van der Waals surface area contributed by atoms with Crippen molar-refractivity contribution < 1.29 is 13.6 Å². The number of nitriles is 1. The first kappa shape index (κ1) is 20.6. The van der Waals surface area contributed by atoms with Crippen molar-refractivity contribution in [2.45, 2.75) is 11.7 Å². The minimum absolute atomic E-state index is 0.0712. The summed E-state index contributed by atoms with van der Waals surface area (Å²) in [5.41, 5.74) is 1.83. The van der Waals surface area contributed by atoms with Crippen molar-refractivity contribution in [1.29, 1.82) is 5.26 Å². The number of para-hydroxylation sites is 1. The summed E-state index contributed by atoms with van der Waals surface area (Å²) < 4.78 is 12.9. The zero-order valence-electron chi connectivity index (χ0n) is 17.3. The fourth-order valence-electron chi connectivity index (χ4n) is 3.45. The van der Waals surface area contributed by atoms with Crippen LogP contribution in [0.4, 0.5) is 5.69 Å². The van der Waals surface area contributed by atoms with Crippen LogP contribution in [0.3, 0.4) is 0 Å². The van der Waals surface area contributed by atoms with Gasteiger partial charge in [0, 0.05) is 10.9 Å². The Hall–Kier alpha value is -4.29. The number of benzene rings is 2. The molecule has 0 aliphatic rings. The molecule has 0 spiro atoms. The van der Waals surface area contributed by atoms with E-state index < -0.39 is 0 Å². The third kappa shape index (κ3) is 4.24. The molecule has 5 rings (SSSR count). The number of aromatic nitrogens is 3. The lowest BCUT2D eigenvalue weighted by Crippen LogP contribution is -2.15. The second-order valence-corrected chi connectivity index (χ2v) is 8.03. The van der Waals surface area contributed by atoms with Crippen molar-refractivity contribution in [3.05, 3.63) is 84.5 Å². The Balaban J connectivity index is 1.37. The first-order valence-electron chi connectivity index (χ1n) is 10.1. The van der Waals surface area contributed by atoms with Crippen LogP contribution in [0.15, 0.2) is 87.0 Å². The molecule has 5 aromatic rings. The Morgan fingerprint density at radius 1 is 1.06 bits per heavy atom. The number of nitrogens with zero attached hydrogens (tertiary/aromatic N) is 4.